The Kier molecular flexibility index (Phi) is 6.83. The van der Waals surface area contributed by atoms with Crippen molar-refractivity contribution in [3.05, 3.63) is 68.3 Å². The third-order valence-electron chi connectivity index (χ3n) is 4.98. The fraction of sp³-hybridized carbons (Fsp3) is 0.333. The van der Waals surface area contributed by atoms with Gasteiger partial charge in [0.15, 0.2) is 0 Å². The van der Waals surface area contributed by atoms with Crippen LogP contribution in [0.3, 0.4) is 0 Å². The Balaban J connectivity index is 1.65. The van der Waals surface area contributed by atoms with Crippen molar-refractivity contribution in [2.24, 2.45) is 0 Å². The molecule has 1 N–H and O–H groups in total. The van der Waals surface area contributed by atoms with E-state index >= 15 is 0 Å². The summed E-state index contributed by atoms with van der Waals surface area (Å²) < 4.78 is 15.7. The highest BCUT2D eigenvalue weighted by Crippen LogP contribution is 2.28. The Morgan fingerprint density at radius 3 is 2.56 bits per heavy atom. The van der Waals surface area contributed by atoms with Crippen molar-refractivity contribution in [2.75, 3.05) is 20.2 Å². The predicted molar refractivity (Wildman–Crippen MR) is 97.1 cm³/mol. The number of amides is 1. The van der Waals surface area contributed by atoms with Crippen LogP contribution in [0.4, 0.5) is 0 Å². The number of piperidine rings is 1. The molecule has 0 aliphatic carbocycles. The van der Waals surface area contributed by atoms with Crippen molar-refractivity contribution in [3.8, 4) is 6.07 Å². The van der Waals surface area contributed by atoms with E-state index in [2.05, 4.69) is 6.07 Å². The van der Waals surface area contributed by atoms with Crippen molar-refractivity contribution in [3.63, 3.8) is 0 Å². The lowest BCUT2D eigenvalue weighted by atomic mass is 9.89. The standard InChI is InChI=1S/C21H22IN2O3/c1-27-14-19-7-6-18(12-20(19)22-26)21(25)24-10-8-17(9-11-24)16-4-2-15(13-23)3-5-16/h2-7,12,17,26H,8-11,14H2,1H3/q+1. The summed E-state index contributed by atoms with van der Waals surface area (Å²) in [5, 5.41) is 8.91. The molecular weight excluding hydrogens is 455 g/mol. The van der Waals surface area contributed by atoms with Gasteiger partial charge >= 0.3 is 21.6 Å². The average molecular weight is 477 g/mol. The van der Waals surface area contributed by atoms with E-state index in [0.717, 1.165) is 22.0 Å². The second-order valence-electron chi connectivity index (χ2n) is 6.62. The van der Waals surface area contributed by atoms with E-state index < -0.39 is 21.6 Å². The molecule has 2 aromatic carbocycles. The maximum absolute atomic E-state index is 12.9. The minimum atomic E-state index is -1.10. The molecule has 1 saturated heterocycles. The molecule has 1 heterocycles. The molecule has 0 aromatic heterocycles. The van der Waals surface area contributed by atoms with Crippen LogP contribution in [0.2, 0.25) is 0 Å². The van der Waals surface area contributed by atoms with Crippen LogP contribution in [0.5, 0.6) is 0 Å². The van der Waals surface area contributed by atoms with Gasteiger partial charge in [0.1, 0.15) is 0 Å². The Bertz CT molecular complexity index is 837. The molecular formula is C21H22IN2O3+. The van der Waals surface area contributed by atoms with Crippen LogP contribution in [0.15, 0.2) is 42.5 Å². The first kappa shape index (κ1) is 19.8. The highest BCUT2D eigenvalue weighted by molar-refractivity contribution is 5.94. The van der Waals surface area contributed by atoms with Crippen molar-refractivity contribution < 1.29 is 34.6 Å². The smallest absolute Gasteiger partial charge is 0.380 e. The van der Waals surface area contributed by atoms with Crippen LogP contribution in [0, 0.1) is 14.9 Å². The molecule has 1 aliphatic heterocycles. The van der Waals surface area contributed by atoms with Crippen molar-refractivity contribution in [1.29, 1.82) is 5.26 Å². The monoisotopic (exact) mass is 477 g/mol. The van der Waals surface area contributed by atoms with Gasteiger partial charge in [0.25, 0.3) is 5.91 Å². The largest absolute Gasteiger partial charge is 0.519 e. The molecule has 3 rings (SSSR count). The van der Waals surface area contributed by atoms with E-state index in [4.69, 9.17) is 10.00 Å². The number of nitriles is 1. The molecule has 2 aromatic rings. The first-order valence-electron chi connectivity index (χ1n) is 8.86. The minimum absolute atomic E-state index is 0.0240. The third kappa shape index (κ3) is 4.67. The number of carbonyl (C=O) groups excluding carboxylic acids is 1. The fourth-order valence-corrected chi connectivity index (χ4v) is 4.58. The molecule has 140 valence electrons. The lowest BCUT2D eigenvalue weighted by Gasteiger charge is -2.32. The van der Waals surface area contributed by atoms with Gasteiger partial charge in [-0.1, -0.05) is 18.2 Å². The molecule has 1 aliphatic rings. The Morgan fingerprint density at radius 2 is 1.96 bits per heavy atom. The van der Waals surface area contributed by atoms with Gasteiger partial charge in [-0.05, 0) is 42.5 Å². The average Bonchev–Trinajstić information content (AvgIpc) is 2.74. The Labute approximate surface area is 170 Å². The van der Waals surface area contributed by atoms with Crippen molar-refractivity contribution >= 4 is 5.91 Å². The second-order valence-corrected chi connectivity index (χ2v) is 8.27. The van der Waals surface area contributed by atoms with Crippen LogP contribution in [0.25, 0.3) is 0 Å². The summed E-state index contributed by atoms with van der Waals surface area (Å²) >= 11 is -1.10. The molecule has 1 amide bonds. The Morgan fingerprint density at radius 1 is 1.26 bits per heavy atom. The number of likely N-dealkylation sites (tertiary alicyclic amines) is 1. The van der Waals surface area contributed by atoms with E-state index in [1.54, 1.807) is 7.11 Å². The topological polar surface area (TPSA) is 73.6 Å². The lowest BCUT2D eigenvalue weighted by molar-refractivity contribution is -0.867. The van der Waals surface area contributed by atoms with Crippen LogP contribution in [-0.2, 0) is 11.3 Å². The summed E-state index contributed by atoms with van der Waals surface area (Å²) in [5.74, 6) is 0.445. The molecule has 1 fully saturated rings. The number of benzene rings is 2. The second kappa shape index (κ2) is 9.31. The lowest BCUT2D eigenvalue weighted by Crippen LogP contribution is -3.61. The van der Waals surface area contributed by atoms with Gasteiger partial charge < -0.3 is 9.64 Å². The maximum Gasteiger partial charge on any atom is 0.519 e. The third-order valence-corrected chi connectivity index (χ3v) is 6.51. The van der Waals surface area contributed by atoms with Crippen LogP contribution in [-0.4, -0.2) is 34.4 Å². The summed E-state index contributed by atoms with van der Waals surface area (Å²) in [5.41, 5.74) is 3.49. The highest BCUT2D eigenvalue weighted by Gasteiger charge is 2.26. The van der Waals surface area contributed by atoms with Crippen molar-refractivity contribution in [2.45, 2.75) is 25.4 Å². The quantitative estimate of drug-likeness (QED) is 0.611. The highest BCUT2D eigenvalue weighted by atomic mass is 127. The number of hydrogen-bond donors (Lipinski definition) is 1. The molecule has 0 bridgehead atoms. The van der Waals surface area contributed by atoms with Crippen LogP contribution in [0.1, 0.15) is 45.8 Å². The van der Waals surface area contributed by atoms with Gasteiger partial charge in [0, 0.05) is 37.4 Å². The van der Waals surface area contributed by atoms with E-state index in [9.17, 15) is 8.23 Å². The summed E-state index contributed by atoms with van der Waals surface area (Å²) in [6.07, 6.45) is 1.83. The van der Waals surface area contributed by atoms with Crippen LogP contribution >= 0.6 is 0 Å². The van der Waals surface area contributed by atoms with Gasteiger partial charge in [0.05, 0.1) is 18.2 Å². The number of methoxy groups -OCH3 is 1. The summed E-state index contributed by atoms with van der Waals surface area (Å²) in [4.78, 5) is 14.7. The zero-order valence-electron chi connectivity index (χ0n) is 15.2. The SMILES string of the molecule is COCc1ccc(C(=O)N2CCC(c3ccc(C#N)cc3)CC2)cc1[I+]O. The summed E-state index contributed by atoms with van der Waals surface area (Å²) in [6.45, 7) is 1.87. The van der Waals surface area contributed by atoms with E-state index in [1.165, 1.54) is 5.56 Å². The summed E-state index contributed by atoms with van der Waals surface area (Å²) in [6, 6.07) is 15.4. The summed E-state index contributed by atoms with van der Waals surface area (Å²) in [7, 11) is 1.62. The number of nitrogens with zero attached hydrogens (tertiary/aromatic N) is 2. The maximum atomic E-state index is 12.9. The number of halogens is 1. The predicted octanol–water partition coefficient (Wildman–Crippen LogP) is -0.110. The normalized spacial score (nSPS) is 14.8. The van der Waals surface area contributed by atoms with Gasteiger partial charge in [-0.25, -0.2) is 0 Å². The molecule has 0 saturated carbocycles. The Hall–Kier alpha value is -1.95. The minimum Gasteiger partial charge on any atom is -0.380 e. The molecule has 5 nitrogen and oxygen atoms in total. The zero-order valence-corrected chi connectivity index (χ0v) is 17.3. The number of carbonyl (C=O) groups is 1. The zero-order chi connectivity index (χ0) is 19.2. The molecule has 6 heteroatoms. The van der Waals surface area contributed by atoms with Gasteiger partial charge in [-0.2, -0.15) is 8.70 Å². The van der Waals surface area contributed by atoms with Gasteiger partial charge in [-0.15, -0.1) is 0 Å². The first-order valence-corrected chi connectivity index (χ1v) is 10.9. The number of rotatable bonds is 5. The van der Waals surface area contributed by atoms with Gasteiger partial charge in [-0.3, -0.25) is 4.79 Å². The molecule has 0 unspecified atom stereocenters. The fourth-order valence-electron chi connectivity index (χ4n) is 3.46. The van der Waals surface area contributed by atoms with E-state index in [-0.39, 0.29) is 5.91 Å². The van der Waals surface area contributed by atoms with Crippen molar-refractivity contribution in [1.82, 2.24) is 4.90 Å². The number of ether oxygens (including phenoxy) is 1. The molecule has 0 radical (unpaired) electrons. The first-order chi connectivity index (χ1) is 13.2. The van der Waals surface area contributed by atoms with Crippen LogP contribution < -0.4 is 21.6 Å². The molecule has 27 heavy (non-hydrogen) atoms. The van der Waals surface area contributed by atoms with E-state index in [1.807, 2.05) is 47.4 Å². The van der Waals surface area contributed by atoms with Gasteiger partial charge in [0.2, 0.25) is 3.57 Å². The number of hydrogen-bond acceptors (Lipinski definition) is 4. The van der Waals surface area contributed by atoms with E-state index in [0.29, 0.717) is 36.7 Å². The molecule has 0 atom stereocenters. The molecule has 0 spiro atoms.